The lowest BCUT2D eigenvalue weighted by Gasteiger charge is -2.44. The fourth-order valence-electron chi connectivity index (χ4n) is 6.05. The van der Waals surface area contributed by atoms with Crippen LogP contribution < -0.4 is 10.5 Å². The second kappa shape index (κ2) is 12.9. The van der Waals surface area contributed by atoms with Gasteiger partial charge >= 0.3 is 0 Å². The molecule has 2 fully saturated rings. The fourth-order valence-corrected chi connectivity index (χ4v) is 6.05. The summed E-state index contributed by atoms with van der Waals surface area (Å²) in [6.45, 7) is 1.83. The van der Waals surface area contributed by atoms with Crippen LogP contribution in [-0.4, -0.2) is 48.8 Å². The Morgan fingerprint density at radius 1 is 1.14 bits per heavy atom. The van der Waals surface area contributed by atoms with Crippen LogP contribution in [0.15, 0.2) is 48.5 Å². The molecule has 1 aliphatic carbocycles. The molecule has 1 heterocycles. The van der Waals surface area contributed by atoms with E-state index < -0.39 is 5.60 Å². The maximum Gasteiger partial charge on any atom is 0.225 e. The van der Waals surface area contributed by atoms with E-state index in [1.54, 1.807) is 19.2 Å². The van der Waals surface area contributed by atoms with Crippen molar-refractivity contribution in [1.82, 2.24) is 4.90 Å². The molecular formula is C30H41FN2O4. The number of hydrogen-bond donors (Lipinski definition) is 2. The lowest BCUT2D eigenvalue weighted by molar-refractivity contribution is -0.142. The molecule has 202 valence electrons. The monoisotopic (exact) mass is 512 g/mol. The third-order valence-electron chi connectivity index (χ3n) is 8.01. The van der Waals surface area contributed by atoms with E-state index in [9.17, 15) is 14.3 Å². The van der Waals surface area contributed by atoms with Gasteiger partial charge in [-0.3, -0.25) is 4.79 Å². The number of rotatable bonds is 10. The normalized spacial score (nSPS) is 23.9. The highest BCUT2D eigenvalue weighted by Crippen LogP contribution is 2.44. The summed E-state index contributed by atoms with van der Waals surface area (Å²) in [5, 5.41) is 12.4. The first-order valence-corrected chi connectivity index (χ1v) is 13.7. The van der Waals surface area contributed by atoms with Crippen LogP contribution in [0.1, 0.15) is 63.4 Å². The molecule has 3 unspecified atom stereocenters. The van der Waals surface area contributed by atoms with Gasteiger partial charge in [0.2, 0.25) is 5.91 Å². The van der Waals surface area contributed by atoms with E-state index in [0.29, 0.717) is 43.2 Å². The molecule has 2 aliphatic rings. The molecule has 1 saturated heterocycles. The van der Waals surface area contributed by atoms with Crippen LogP contribution in [0.2, 0.25) is 0 Å². The zero-order valence-electron chi connectivity index (χ0n) is 21.9. The van der Waals surface area contributed by atoms with Gasteiger partial charge in [0.05, 0.1) is 5.60 Å². The highest BCUT2D eigenvalue weighted by Gasteiger charge is 2.43. The first kappa shape index (κ1) is 27.6. The Hall–Kier alpha value is -2.48. The first-order valence-electron chi connectivity index (χ1n) is 13.7. The van der Waals surface area contributed by atoms with E-state index in [0.717, 1.165) is 51.4 Å². The second-order valence-electron chi connectivity index (χ2n) is 10.7. The standard InChI is InChI=1S/C30H41FN2O4/c1-36-18-5-4-16-30(35,27-14-2-3-15-28(27)37-26-13-7-11-24(31)20-26)23-10-8-17-33(21-23)29(34)22-9-6-12-25(32)19-22/h2-3,7,11,13-15,20,22-23,25,35H,4-6,8-10,12,16-19,21,32H2,1H3/t22?,23?,25?,30-/m0/s1. The average molecular weight is 513 g/mol. The SMILES string of the molecule is COCCCC[C@@](O)(c1ccccc1Oc1cccc(F)c1)C1CCCN(C(=O)C2CCCC(N)C2)C1. The van der Waals surface area contributed by atoms with Gasteiger partial charge in [-0.25, -0.2) is 4.39 Å². The number of para-hydroxylation sites is 1. The molecule has 2 aromatic carbocycles. The summed E-state index contributed by atoms with van der Waals surface area (Å²) in [5.41, 5.74) is 5.64. The molecule has 7 heteroatoms. The number of methoxy groups -OCH3 is 1. The zero-order valence-corrected chi connectivity index (χ0v) is 21.9. The molecule has 0 radical (unpaired) electrons. The number of ether oxygens (including phenoxy) is 2. The van der Waals surface area contributed by atoms with E-state index in [1.165, 1.54) is 12.1 Å². The van der Waals surface area contributed by atoms with Gasteiger partial charge in [0.15, 0.2) is 0 Å². The summed E-state index contributed by atoms with van der Waals surface area (Å²) >= 11 is 0. The van der Waals surface area contributed by atoms with Crippen LogP contribution in [0.5, 0.6) is 11.5 Å². The van der Waals surface area contributed by atoms with Gasteiger partial charge in [-0.15, -0.1) is 0 Å². The Morgan fingerprint density at radius 3 is 2.76 bits per heavy atom. The Kier molecular flexibility index (Phi) is 9.57. The van der Waals surface area contributed by atoms with Gasteiger partial charge in [-0.2, -0.15) is 0 Å². The number of piperidine rings is 1. The minimum absolute atomic E-state index is 0.0270. The largest absolute Gasteiger partial charge is 0.457 e. The number of amides is 1. The van der Waals surface area contributed by atoms with E-state index >= 15 is 0 Å². The maximum atomic E-state index is 13.8. The Labute approximate surface area is 219 Å². The summed E-state index contributed by atoms with van der Waals surface area (Å²) in [6, 6.07) is 13.6. The van der Waals surface area contributed by atoms with Crippen LogP contribution in [0.25, 0.3) is 0 Å². The summed E-state index contributed by atoms with van der Waals surface area (Å²) in [4.78, 5) is 15.4. The lowest BCUT2D eigenvalue weighted by Crippen LogP contribution is -2.50. The predicted octanol–water partition coefficient (Wildman–Crippen LogP) is 5.38. The minimum Gasteiger partial charge on any atom is -0.457 e. The van der Waals surface area contributed by atoms with Gasteiger partial charge in [0.1, 0.15) is 17.3 Å². The van der Waals surface area contributed by atoms with Crippen molar-refractivity contribution in [1.29, 1.82) is 0 Å². The average Bonchev–Trinajstić information content (AvgIpc) is 2.91. The van der Waals surface area contributed by atoms with Crippen molar-refractivity contribution in [3.8, 4) is 11.5 Å². The molecule has 1 amide bonds. The number of hydrogen-bond acceptors (Lipinski definition) is 5. The summed E-state index contributed by atoms with van der Waals surface area (Å²) < 4.78 is 25.2. The molecule has 1 saturated carbocycles. The third-order valence-corrected chi connectivity index (χ3v) is 8.01. The van der Waals surface area contributed by atoms with Gasteiger partial charge in [0.25, 0.3) is 0 Å². The van der Waals surface area contributed by atoms with Crippen LogP contribution in [0.4, 0.5) is 4.39 Å². The van der Waals surface area contributed by atoms with Gasteiger partial charge in [-0.1, -0.05) is 30.7 Å². The predicted molar refractivity (Wildman–Crippen MR) is 142 cm³/mol. The highest BCUT2D eigenvalue weighted by molar-refractivity contribution is 5.79. The van der Waals surface area contributed by atoms with Gasteiger partial charge in [0, 0.05) is 56.3 Å². The molecule has 37 heavy (non-hydrogen) atoms. The molecule has 4 atom stereocenters. The number of benzene rings is 2. The molecule has 1 aliphatic heterocycles. The van der Waals surface area contributed by atoms with Crippen molar-refractivity contribution in [2.75, 3.05) is 26.8 Å². The van der Waals surface area contributed by atoms with Crippen molar-refractivity contribution in [3.05, 3.63) is 59.9 Å². The molecular weight excluding hydrogens is 471 g/mol. The van der Waals surface area contributed by atoms with Crippen LogP contribution in [0.3, 0.4) is 0 Å². The summed E-state index contributed by atoms with van der Waals surface area (Å²) in [7, 11) is 1.68. The number of unbranched alkanes of at least 4 members (excludes halogenated alkanes) is 1. The third kappa shape index (κ3) is 6.89. The lowest BCUT2D eigenvalue weighted by atomic mass is 9.73. The molecule has 0 spiro atoms. The molecule has 6 nitrogen and oxygen atoms in total. The number of nitrogens with zero attached hydrogens (tertiary/aromatic N) is 1. The van der Waals surface area contributed by atoms with E-state index in [1.807, 2.05) is 29.2 Å². The van der Waals surface area contributed by atoms with Crippen molar-refractivity contribution < 1.29 is 23.8 Å². The quantitative estimate of drug-likeness (QED) is 0.418. The second-order valence-corrected chi connectivity index (χ2v) is 10.7. The summed E-state index contributed by atoms with van der Waals surface area (Å²) in [5.74, 6) is 0.495. The van der Waals surface area contributed by atoms with Gasteiger partial charge < -0.3 is 25.2 Å². The number of aliphatic hydroxyl groups is 1. The van der Waals surface area contributed by atoms with Crippen LogP contribution in [0, 0.1) is 17.7 Å². The van der Waals surface area contributed by atoms with Gasteiger partial charge in [-0.05, 0) is 69.6 Å². The number of nitrogens with two attached hydrogens (primary N) is 1. The van der Waals surface area contributed by atoms with E-state index in [4.69, 9.17) is 15.2 Å². The molecule has 0 aromatic heterocycles. The number of carbonyl (C=O) groups is 1. The molecule has 4 rings (SSSR count). The number of likely N-dealkylation sites (tertiary alicyclic amines) is 1. The Balaban J connectivity index is 1.60. The molecule has 3 N–H and O–H groups in total. The zero-order chi connectivity index (χ0) is 26.3. The van der Waals surface area contributed by atoms with Crippen LogP contribution in [-0.2, 0) is 15.1 Å². The molecule has 0 bridgehead atoms. The van der Waals surface area contributed by atoms with Crippen molar-refractivity contribution in [2.24, 2.45) is 17.6 Å². The van der Waals surface area contributed by atoms with Crippen molar-refractivity contribution in [3.63, 3.8) is 0 Å². The number of halogens is 1. The Bertz CT molecular complexity index is 1030. The minimum atomic E-state index is -1.21. The molecule has 2 aromatic rings. The van der Waals surface area contributed by atoms with Crippen LogP contribution >= 0.6 is 0 Å². The Morgan fingerprint density at radius 2 is 1.97 bits per heavy atom. The topological polar surface area (TPSA) is 85.0 Å². The van der Waals surface area contributed by atoms with Crippen molar-refractivity contribution in [2.45, 2.75) is 69.4 Å². The van der Waals surface area contributed by atoms with Crippen molar-refractivity contribution >= 4 is 5.91 Å². The number of carbonyl (C=O) groups excluding carboxylic acids is 1. The van der Waals surface area contributed by atoms with E-state index in [-0.39, 0.29) is 29.6 Å². The first-order chi connectivity index (χ1) is 17.9. The smallest absolute Gasteiger partial charge is 0.225 e. The highest BCUT2D eigenvalue weighted by atomic mass is 19.1. The maximum absolute atomic E-state index is 13.8. The fraction of sp³-hybridized carbons (Fsp3) is 0.567. The summed E-state index contributed by atoms with van der Waals surface area (Å²) in [6.07, 6.45) is 7.34. The van der Waals surface area contributed by atoms with E-state index in [2.05, 4.69) is 0 Å².